The summed E-state index contributed by atoms with van der Waals surface area (Å²) in [5.74, 6) is -1.05. The fourth-order valence-corrected chi connectivity index (χ4v) is 2.17. The molecule has 90 valence electrons. The van der Waals surface area contributed by atoms with Crippen LogP contribution in [-0.2, 0) is 6.54 Å². The zero-order chi connectivity index (χ0) is 12.0. The first kappa shape index (κ1) is 10.7. The Labute approximate surface area is 98.0 Å². The average molecular weight is 236 g/mol. The second-order valence-electron chi connectivity index (χ2n) is 4.69. The summed E-state index contributed by atoms with van der Waals surface area (Å²) in [6.45, 7) is 2.56. The number of rotatable bonds is 3. The number of hydrogen-bond acceptors (Lipinski definition) is 1. The summed E-state index contributed by atoms with van der Waals surface area (Å²) >= 11 is 0. The van der Waals surface area contributed by atoms with Crippen LogP contribution in [0.1, 0.15) is 24.1 Å². The monoisotopic (exact) mass is 236 g/mol. The van der Waals surface area contributed by atoms with Crippen LogP contribution in [0.25, 0.3) is 10.9 Å². The number of aromatic amines is 1. The van der Waals surface area contributed by atoms with Crippen LogP contribution in [0.4, 0.5) is 8.78 Å². The first-order valence-corrected chi connectivity index (χ1v) is 5.84. The Balaban J connectivity index is 2.05. The number of aryl methyl sites for hydroxylation is 1. The third kappa shape index (κ3) is 1.93. The molecule has 2 N–H and O–H groups in total. The SMILES string of the molecule is Cc1[nH]c2c(F)cc(F)cc2c1CNC1CC1. The molecule has 4 heteroatoms. The van der Waals surface area contributed by atoms with E-state index >= 15 is 0 Å². The van der Waals surface area contributed by atoms with Gasteiger partial charge < -0.3 is 10.3 Å². The molecular formula is C13H14F2N2. The molecule has 0 atom stereocenters. The van der Waals surface area contributed by atoms with E-state index in [1.165, 1.54) is 18.9 Å². The van der Waals surface area contributed by atoms with Gasteiger partial charge in [-0.1, -0.05) is 0 Å². The summed E-state index contributed by atoms with van der Waals surface area (Å²) in [6, 6.07) is 2.89. The lowest BCUT2D eigenvalue weighted by Gasteiger charge is -2.03. The lowest BCUT2D eigenvalue weighted by Crippen LogP contribution is -2.15. The van der Waals surface area contributed by atoms with Gasteiger partial charge in [0.25, 0.3) is 0 Å². The number of fused-ring (bicyclic) bond motifs is 1. The van der Waals surface area contributed by atoms with Crippen LogP contribution in [0.5, 0.6) is 0 Å². The van der Waals surface area contributed by atoms with Crippen molar-refractivity contribution in [2.45, 2.75) is 32.4 Å². The Morgan fingerprint density at radius 1 is 1.35 bits per heavy atom. The summed E-state index contributed by atoms with van der Waals surface area (Å²) in [7, 11) is 0. The molecule has 0 spiro atoms. The molecule has 2 aromatic rings. The Hall–Kier alpha value is -1.42. The maximum Gasteiger partial charge on any atom is 0.150 e. The van der Waals surface area contributed by atoms with E-state index < -0.39 is 11.6 Å². The van der Waals surface area contributed by atoms with Crippen molar-refractivity contribution in [2.75, 3.05) is 0 Å². The Morgan fingerprint density at radius 3 is 2.82 bits per heavy atom. The van der Waals surface area contributed by atoms with Gasteiger partial charge in [-0.3, -0.25) is 0 Å². The molecule has 1 aliphatic carbocycles. The van der Waals surface area contributed by atoms with E-state index in [9.17, 15) is 8.78 Å². The quantitative estimate of drug-likeness (QED) is 0.842. The summed E-state index contributed by atoms with van der Waals surface area (Å²) in [4.78, 5) is 2.99. The predicted molar refractivity (Wildman–Crippen MR) is 62.8 cm³/mol. The van der Waals surface area contributed by atoms with E-state index in [0.29, 0.717) is 23.5 Å². The molecule has 3 rings (SSSR count). The maximum atomic E-state index is 13.6. The van der Waals surface area contributed by atoms with Crippen molar-refractivity contribution in [3.05, 3.63) is 35.0 Å². The van der Waals surface area contributed by atoms with Crippen molar-refractivity contribution in [1.82, 2.24) is 10.3 Å². The molecule has 1 saturated carbocycles. The van der Waals surface area contributed by atoms with Gasteiger partial charge in [0.05, 0.1) is 5.52 Å². The molecule has 1 fully saturated rings. The molecule has 17 heavy (non-hydrogen) atoms. The van der Waals surface area contributed by atoms with Gasteiger partial charge in [-0.15, -0.1) is 0 Å². The molecule has 0 amide bonds. The first-order chi connectivity index (χ1) is 8.15. The number of hydrogen-bond donors (Lipinski definition) is 2. The molecule has 0 radical (unpaired) electrons. The molecule has 2 nitrogen and oxygen atoms in total. The van der Waals surface area contributed by atoms with Crippen LogP contribution in [0, 0.1) is 18.6 Å². The maximum absolute atomic E-state index is 13.6. The van der Waals surface area contributed by atoms with Crippen LogP contribution < -0.4 is 5.32 Å². The number of halogens is 2. The highest BCUT2D eigenvalue weighted by Crippen LogP contribution is 2.27. The Kier molecular flexibility index (Phi) is 2.40. The predicted octanol–water partition coefficient (Wildman–Crippen LogP) is 3.01. The third-order valence-corrected chi connectivity index (χ3v) is 3.29. The zero-order valence-electron chi connectivity index (χ0n) is 9.61. The minimum Gasteiger partial charge on any atom is -0.356 e. The van der Waals surface area contributed by atoms with Crippen LogP contribution >= 0.6 is 0 Å². The molecule has 1 aliphatic rings. The van der Waals surface area contributed by atoms with Gasteiger partial charge in [0.1, 0.15) is 11.6 Å². The Morgan fingerprint density at radius 2 is 2.12 bits per heavy atom. The third-order valence-electron chi connectivity index (χ3n) is 3.29. The number of nitrogens with one attached hydrogen (secondary N) is 2. The second kappa shape index (κ2) is 3.81. The highest BCUT2D eigenvalue weighted by molar-refractivity contribution is 5.85. The van der Waals surface area contributed by atoms with E-state index in [0.717, 1.165) is 17.3 Å². The van der Waals surface area contributed by atoms with E-state index in [1.807, 2.05) is 6.92 Å². The molecular weight excluding hydrogens is 222 g/mol. The van der Waals surface area contributed by atoms with Crippen molar-refractivity contribution in [3.63, 3.8) is 0 Å². The first-order valence-electron chi connectivity index (χ1n) is 5.84. The van der Waals surface area contributed by atoms with Gasteiger partial charge >= 0.3 is 0 Å². The van der Waals surface area contributed by atoms with Crippen LogP contribution in [0.15, 0.2) is 12.1 Å². The lowest BCUT2D eigenvalue weighted by atomic mass is 10.1. The minimum atomic E-state index is -0.527. The van der Waals surface area contributed by atoms with Gasteiger partial charge in [-0.05, 0) is 31.4 Å². The number of H-pyrrole nitrogens is 1. The van der Waals surface area contributed by atoms with Crippen LogP contribution in [-0.4, -0.2) is 11.0 Å². The number of aromatic nitrogens is 1. The molecule has 0 bridgehead atoms. The van der Waals surface area contributed by atoms with Crippen molar-refractivity contribution in [3.8, 4) is 0 Å². The van der Waals surface area contributed by atoms with E-state index in [2.05, 4.69) is 10.3 Å². The minimum absolute atomic E-state index is 0.400. The van der Waals surface area contributed by atoms with Crippen molar-refractivity contribution in [2.24, 2.45) is 0 Å². The normalized spacial score (nSPS) is 15.7. The molecule has 0 aliphatic heterocycles. The van der Waals surface area contributed by atoms with Gasteiger partial charge in [-0.2, -0.15) is 0 Å². The summed E-state index contributed by atoms with van der Waals surface area (Å²) in [6.07, 6.45) is 2.40. The fourth-order valence-electron chi connectivity index (χ4n) is 2.17. The van der Waals surface area contributed by atoms with Crippen molar-refractivity contribution < 1.29 is 8.78 Å². The standard InChI is InChI=1S/C13H14F2N2/c1-7-11(6-16-9-2-3-9)10-4-8(14)5-12(15)13(10)17-7/h4-5,9,16-17H,2-3,6H2,1H3. The van der Waals surface area contributed by atoms with Gasteiger partial charge in [-0.25, -0.2) is 8.78 Å². The summed E-state index contributed by atoms with van der Waals surface area (Å²) in [5.41, 5.74) is 2.26. The van der Waals surface area contributed by atoms with E-state index in [1.54, 1.807) is 0 Å². The van der Waals surface area contributed by atoms with Gasteiger partial charge in [0.2, 0.25) is 0 Å². The largest absolute Gasteiger partial charge is 0.356 e. The average Bonchev–Trinajstić information content (AvgIpc) is 3.02. The molecule has 0 unspecified atom stereocenters. The van der Waals surface area contributed by atoms with Crippen molar-refractivity contribution >= 4 is 10.9 Å². The zero-order valence-corrected chi connectivity index (χ0v) is 9.61. The smallest absolute Gasteiger partial charge is 0.150 e. The second-order valence-corrected chi connectivity index (χ2v) is 4.69. The Bertz CT molecular complexity index is 570. The van der Waals surface area contributed by atoms with E-state index in [4.69, 9.17) is 0 Å². The van der Waals surface area contributed by atoms with Crippen LogP contribution in [0.3, 0.4) is 0 Å². The topological polar surface area (TPSA) is 27.8 Å². The fraction of sp³-hybridized carbons (Fsp3) is 0.385. The molecule has 1 heterocycles. The number of benzene rings is 1. The summed E-state index contributed by atoms with van der Waals surface area (Å²) < 4.78 is 26.8. The van der Waals surface area contributed by atoms with E-state index in [-0.39, 0.29) is 0 Å². The molecule has 1 aromatic carbocycles. The highest BCUT2D eigenvalue weighted by atomic mass is 19.1. The van der Waals surface area contributed by atoms with Crippen LogP contribution in [0.2, 0.25) is 0 Å². The van der Waals surface area contributed by atoms with Gasteiger partial charge in [0, 0.05) is 29.7 Å². The highest BCUT2D eigenvalue weighted by Gasteiger charge is 2.21. The molecule has 1 aromatic heterocycles. The molecule has 0 saturated heterocycles. The summed E-state index contributed by atoms with van der Waals surface area (Å²) in [5, 5.41) is 4.01. The lowest BCUT2D eigenvalue weighted by molar-refractivity contribution is 0.590. The van der Waals surface area contributed by atoms with Crippen molar-refractivity contribution in [1.29, 1.82) is 0 Å². The van der Waals surface area contributed by atoms with Gasteiger partial charge in [0.15, 0.2) is 0 Å².